The van der Waals surface area contributed by atoms with Gasteiger partial charge in [-0.15, -0.1) is 11.3 Å². The Morgan fingerprint density at radius 3 is 2.65 bits per heavy atom. The lowest BCUT2D eigenvalue weighted by atomic mass is 10.1. The molecule has 1 aliphatic heterocycles. The maximum atomic E-state index is 12.4. The molecule has 1 aromatic carbocycles. The Bertz CT molecular complexity index is 674. The summed E-state index contributed by atoms with van der Waals surface area (Å²) in [5, 5.41) is 3.16. The normalized spacial score (nSPS) is 15.0. The maximum absolute atomic E-state index is 12.4. The van der Waals surface area contributed by atoms with Crippen molar-refractivity contribution in [3.63, 3.8) is 0 Å². The van der Waals surface area contributed by atoms with E-state index in [-0.39, 0.29) is 5.91 Å². The summed E-state index contributed by atoms with van der Waals surface area (Å²) in [4.78, 5) is 21.2. The third-order valence-corrected chi connectivity index (χ3v) is 5.24. The zero-order chi connectivity index (χ0) is 16.2. The lowest BCUT2D eigenvalue weighted by Crippen LogP contribution is -2.48. The van der Waals surface area contributed by atoms with Gasteiger partial charge in [0.05, 0.1) is 5.69 Å². The monoisotopic (exact) mass is 329 g/mol. The molecule has 5 heteroatoms. The molecule has 2 heterocycles. The Morgan fingerprint density at radius 2 is 2.00 bits per heavy atom. The molecular formula is C18H23N3OS. The SMILES string of the molecule is Cc1cccc(CCC(=O)N2CCN(c3nc(C)cs3)CC2)c1. The van der Waals surface area contributed by atoms with Crippen LogP contribution in [0.2, 0.25) is 0 Å². The minimum absolute atomic E-state index is 0.265. The standard InChI is InChI=1S/C18H23N3OS/c1-14-4-3-5-16(12-14)6-7-17(22)20-8-10-21(11-9-20)18-19-15(2)13-23-18/h3-5,12-13H,6-11H2,1-2H3. The number of aromatic nitrogens is 1. The van der Waals surface area contributed by atoms with Crippen molar-refractivity contribution in [1.82, 2.24) is 9.88 Å². The fraction of sp³-hybridized carbons (Fsp3) is 0.444. The van der Waals surface area contributed by atoms with Crippen molar-refractivity contribution < 1.29 is 4.79 Å². The topological polar surface area (TPSA) is 36.4 Å². The number of carbonyl (C=O) groups is 1. The molecular weight excluding hydrogens is 306 g/mol. The van der Waals surface area contributed by atoms with Crippen molar-refractivity contribution >= 4 is 22.4 Å². The molecule has 122 valence electrons. The maximum Gasteiger partial charge on any atom is 0.223 e. The minimum Gasteiger partial charge on any atom is -0.345 e. The summed E-state index contributed by atoms with van der Waals surface area (Å²) in [6.45, 7) is 7.46. The van der Waals surface area contributed by atoms with E-state index in [1.165, 1.54) is 11.1 Å². The van der Waals surface area contributed by atoms with E-state index < -0.39 is 0 Å². The molecule has 1 aromatic heterocycles. The van der Waals surface area contributed by atoms with E-state index in [9.17, 15) is 4.79 Å². The molecule has 0 radical (unpaired) electrons. The van der Waals surface area contributed by atoms with Crippen LogP contribution in [0.4, 0.5) is 5.13 Å². The van der Waals surface area contributed by atoms with E-state index in [2.05, 4.69) is 46.5 Å². The lowest BCUT2D eigenvalue weighted by Gasteiger charge is -2.34. The van der Waals surface area contributed by atoms with Gasteiger partial charge >= 0.3 is 0 Å². The van der Waals surface area contributed by atoms with Gasteiger partial charge in [0.1, 0.15) is 0 Å². The number of carbonyl (C=O) groups excluding carboxylic acids is 1. The molecule has 0 spiro atoms. The Hall–Kier alpha value is -1.88. The van der Waals surface area contributed by atoms with Crippen molar-refractivity contribution in [3.8, 4) is 0 Å². The van der Waals surface area contributed by atoms with Gasteiger partial charge in [0.2, 0.25) is 5.91 Å². The van der Waals surface area contributed by atoms with Crippen LogP contribution in [-0.4, -0.2) is 42.0 Å². The Kier molecular flexibility index (Phi) is 4.96. The predicted molar refractivity (Wildman–Crippen MR) is 95.1 cm³/mol. The fourth-order valence-electron chi connectivity index (χ4n) is 2.91. The summed E-state index contributed by atoms with van der Waals surface area (Å²) >= 11 is 1.69. The number of anilines is 1. The van der Waals surface area contributed by atoms with Crippen LogP contribution >= 0.6 is 11.3 Å². The van der Waals surface area contributed by atoms with E-state index in [4.69, 9.17) is 0 Å². The second-order valence-electron chi connectivity index (χ2n) is 6.13. The van der Waals surface area contributed by atoms with Crippen LogP contribution in [-0.2, 0) is 11.2 Å². The number of nitrogens with zero attached hydrogens (tertiary/aromatic N) is 3. The summed E-state index contributed by atoms with van der Waals surface area (Å²) in [5.74, 6) is 0.265. The number of benzene rings is 1. The zero-order valence-electron chi connectivity index (χ0n) is 13.8. The smallest absolute Gasteiger partial charge is 0.223 e. The van der Waals surface area contributed by atoms with Crippen LogP contribution in [0, 0.1) is 13.8 Å². The van der Waals surface area contributed by atoms with Gasteiger partial charge in [0.15, 0.2) is 5.13 Å². The largest absolute Gasteiger partial charge is 0.345 e. The first-order valence-corrected chi connectivity index (χ1v) is 9.00. The van der Waals surface area contributed by atoms with E-state index in [0.29, 0.717) is 6.42 Å². The first-order valence-electron chi connectivity index (χ1n) is 8.12. The minimum atomic E-state index is 0.265. The van der Waals surface area contributed by atoms with Crippen molar-refractivity contribution in [1.29, 1.82) is 0 Å². The van der Waals surface area contributed by atoms with Crippen LogP contribution in [0.25, 0.3) is 0 Å². The average Bonchev–Trinajstić information content (AvgIpc) is 2.99. The molecule has 1 saturated heterocycles. The summed E-state index contributed by atoms with van der Waals surface area (Å²) in [5.41, 5.74) is 3.57. The molecule has 0 atom stereocenters. The molecule has 0 aliphatic carbocycles. The molecule has 4 nitrogen and oxygen atoms in total. The van der Waals surface area contributed by atoms with Crippen molar-refractivity contribution in [3.05, 3.63) is 46.5 Å². The molecule has 1 amide bonds. The molecule has 1 aliphatic rings. The van der Waals surface area contributed by atoms with E-state index in [0.717, 1.165) is 43.4 Å². The van der Waals surface area contributed by atoms with Crippen LogP contribution in [0.5, 0.6) is 0 Å². The van der Waals surface area contributed by atoms with E-state index in [1.807, 2.05) is 11.8 Å². The number of hydrogen-bond acceptors (Lipinski definition) is 4. The highest BCUT2D eigenvalue weighted by Gasteiger charge is 2.22. The van der Waals surface area contributed by atoms with Crippen molar-refractivity contribution in [2.75, 3.05) is 31.1 Å². The number of amides is 1. The molecule has 0 N–H and O–H groups in total. The van der Waals surface area contributed by atoms with E-state index in [1.54, 1.807) is 11.3 Å². The highest BCUT2D eigenvalue weighted by Crippen LogP contribution is 2.21. The molecule has 0 saturated carbocycles. The number of hydrogen-bond donors (Lipinski definition) is 0. The number of piperazine rings is 1. The molecule has 23 heavy (non-hydrogen) atoms. The Balaban J connectivity index is 1.48. The summed E-state index contributed by atoms with van der Waals surface area (Å²) in [6.07, 6.45) is 1.42. The second-order valence-corrected chi connectivity index (χ2v) is 6.96. The van der Waals surface area contributed by atoms with Crippen LogP contribution in [0.1, 0.15) is 23.2 Å². The van der Waals surface area contributed by atoms with Crippen LogP contribution in [0.15, 0.2) is 29.6 Å². The zero-order valence-corrected chi connectivity index (χ0v) is 14.6. The lowest BCUT2D eigenvalue weighted by molar-refractivity contribution is -0.131. The first kappa shape index (κ1) is 16.0. The van der Waals surface area contributed by atoms with Gasteiger partial charge in [-0.1, -0.05) is 29.8 Å². The van der Waals surface area contributed by atoms with Crippen molar-refractivity contribution in [2.24, 2.45) is 0 Å². The number of aryl methyl sites for hydroxylation is 3. The summed E-state index contributed by atoms with van der Waals surface area (Å²) in [7, 11) is 0. The highest BCUT2D eigenvalue weighted by atomic mass is 32.1. The van der Waals surface area contributed by atoms with Crippen molar-refractivity contribution in [2.45, 2.75) is 26.7 Å². The molecule has 1 fully saturated rings. The summed E-state index contributed by atoms with van der Waals surface area (Å²) < 4.78 is 0. The van der Waals surface area contributed by atoms with Gasteiger partial charge in [-0.05, 0) is 25.8 Å². The first-order chi connectivity index (χ1) is 11.1. The average molecular weight is 329 g/mol. The van der Waals surface area contributed by atoms with Crippen LogP contribution < -0.4 is 4.90 Å². The Morgan fingerprint density at radius 1 is 1.22 bits per heavy atom. The van der Waals surface area contributed by atoms with Gasteiger partial charge in [0, 0.05) is 38.0 Å². The van der Waals surface area contributed by atoms with Gasteiger partial charge in [-0.3, -0.25) is 4.79 Å². The summed E-state index contributed by atoms with van der Waals surface area (Å²) in [6, 6.07) is 8.41. The van der Waals surface area contributed by atoms with Gasteiger partial charge < -0.3 is 9.80 Å². The molecule has 2 aromatic rings. The van der Waals surface area contributed by atoms with E-state index >= 15 is 0 Å². The van der Waals surface area contributed by atoms with Gasteiger partial charge in [0.25, 0.3) is 0 Å². The second kappa shape index (κ2) is 7.13. The Labute approximate surface area is 141 Å². The van der Waals surface area contributed by atoms with Gasteiger partial charge in [-0.2, -0.15) is 0 Å². The molecule has 3 rings (SSSR count). The number of rotatable bonds is 4. The third kappa shape index (κ3) is 4.10. The molecule has 0 bridgehead atoms. The fourth-order valence-corrected chi connectivity index (χ4v) is 3.77. The number of thiazole rings is 1. The predicted octanol–water partition coefficient (Wildman–Crippen LogP) is 3.04. The highest BCUT2D eigenvalue weighted by molar-refractivity contribution is 7.13. The van der Waals surface area contributed by atoms with Crippen LogP contribution in [0.3, 0.4) is 0 Å². The quantitative estimate of drug-likeness (QED) is 0.865. The van der Waals surface area contributed by atoms with Gasteiger partial charge in [-0.25, -0.2) is 4.98 Å². The third-order valence-electron chi connectivity index (χ3n) is 4.22. The molecule has 0 unspecified atom stereocenters.